The van der Waals surface area contributed by atoms with E-state index in [1.807, 2.05) is 4.90 Å². The highest BCUT2D eigenvalue weighted by Crippen LogP contribution is 2.11. The summed E-state index contributed by atoms with van der Waals surface area (Å²) in [4.78, 5) is 26.1. The summed E-state index contributed by atoms with van der Waals surface area (Å²) >= 11 is 0. The van der Waals surface area contributed by atoms with Gasteiger partial charge in [-0.25, -0.2) is 0 Å². The van der Waals surface area contributed by atoms with Crippen molar-refractivity contribution in [1.82, 2.24) is 15.5 Å². The Bertz CT molecular complexity index is 321. The van der Waals surface area contributed by atoms with E-state index < -0.39 is 6.04 Å². The predicted molar refractivity (Wildman–Crippen MR) is 73.7 cm³/mol. The number of amides is 2. The number of likely N-dealkylation sites (tertiary alicyclic amines) is 1. The Kier molecular flexibility index (Phi) is 5.19. The minimum atomic E-state index is -0.408. The predicted octanol–water partition coefficient (Wildman–Crippen LogP) is 0.646. The van der Waals surface area contributed by atoms with E-state index in [1.165, 1.54) is 6.42 Å². The molecule has 2 N–H and O–H groups in total. The van der Waals surface area contributed by atoms with Crippen LogP contribution in [0.1, 0.15) is 45.4 Å². The van der Waals surface area contributed by atoms with Crippen LogP contribution in [0.15, 0.2) is 0 Å². The molecule has 2 fully saturated rings. The quantitative estimate of drug-likeness (QED) is 0.789. The standard InChI is InChI=1S/C14H25N3O2/c1-11(14(19)17-9-5-2-6-10-17)16-13(18)12-7-3-4-8-15-12/h11-12,15H,2-10H2,1H3,(H,16,18)/t11?,12-/m1/s1. The number of carbonyl (C=O) groups is 2. The summed E-state index contributed by atoms with van der Waals surface area (Å²) < 4.78 is 0. The van der Waals surface area contributed by atoms with E-state index >= 15 is 0 Å². The second-order valence-electron chi connectivity index (χ2n) is 5.62. The van der Waals surface area contributed by atoms with Crippen LogP contribution in [-0.2, 0) is 9.59 Å². The van der Waals surface area contributed by atoms with Gasteiger partial charge in [0, 0.05) is 13.1 Å². The second-order valence-corrected chi connectivity index (χ2v) is 5.62. The van der Waals surface area contributed by atoms with Crippen LogP contribution in [-0.4, -0.2) is 48.4 Å². The largest absolute Gasteiger partial charge is 0.343 e. The Balaban J connectivity index is 1.80. The lowest BCUT2D eigenvalue weighted by Crippen LogP contribution is -2.54. The number of rotatable bonds is 3. The molecule has 108 valence electrons. The van der Waals surface area contributed by atoms with Crippen LogP contribution >= 0.6 is 0 Å². The van der Waals surface area contributed by atoms with Gasteiger partial charge in [-0.3, -0.25) is 9.59 Å². The average molecular weight is 267 g/mol. The molecule has 2 atom stereocenters. The van der Waals surface area contributed by atoms with Gasteiger partial charge in [0.1, 0.15) is 6.04 Å². The maximum Gasteiger partial charge on any atom is 0.244 e. The Morgan fingerprint density at radius 3 is 2.53 bits per heavy atom. The van der Waals surface area contributed by atoms with Crippen LogP contribution in [0.2, 0.25) is 0 Å². The van der Waals surface area contributed by atoms with Crippen LogP contribution < -0.4 is 10.6 Å². The van der Waals surface area contributed by atoms with Crippen LogP contribution in [0.25, 0.3) is 0 Å². The molecule has 1 unspecified atom stereocenters. The number of hydrogen-bond acceptors (Lipinski definition) is 3. The van der Waals surface area contributed by atoms with Gasteiger partial charge in [-0.2, -0.15) is 0 Å². The molecule has 2 amide bonds. The molecule has 2 aliphatic rings. The van der Waals surface area contributed by atoms with Crippen molar-refractivity contribution >= 4 is 11.8 Å². The van der Waals surface area contributed by atoms with Gasteiger partial charge in [-0.1, -0.05) is 6.42 Å². The molecule has 19 heavy (non-hydrogen) atoms. The lowest BCUT2D eigenvalue weighted by Gasteiger charge is -2.30. The van der Waals surface area contributed by atoms with Gasteiger partial charge in [0.15, 0.2) is 0 Å². The number of carbonyl (C=O) groups excluding carboxylic acids is 2. The van der Waals surface area contributed by atoms with E-state index in [1.54, 1.807) is 6.92 Å². The zero-order valence-electron chi connectivity index (χ0n) is 11.8. The van der Waals surface area contributed by atoms with Crippen molar-refractivity contribution in [1.29, 1.82) is 0 Å². The first-order valence-corrected chi connectivity index (χ1v) is 7.51. The fourth-order valence-corrected chi connectivity index (χ4v) is 2.84. The number of nitrogens with zero attached hydrogens (tertiary/aromatic N) is 1. The molecule has 0 radical (unpaired) electrons. The summed E-state index contributed by atoms with van der Waals surface area (Å²) in [5, 5.41) is 6.06. The van der Waals surface area contributed by atoms with E-state index in [9.17, 15) is 9.59 Å². The Morgan fingerprint density at radius 2 is 1.89 bits per heavy atom. The average Bonchev–Trinajstić information content (AvgIpc) is 2.48. The van der Waals surface area contributed by atoms with Crippen LogP contribution in [0, 0.1) is 0 Å². The van der Waals surface area contributed by atoms with Gasteiger partial charge in [0.05, 0.1) is 6.04 Å². The monoisotopic (exact) mass is 267 g/mol. The molecular formula is C14H25N3O2. The van der Waals surface area contributed by atoms with Gasteiger partial charge in [-0.05, 0) is 45.6 Å². The molecular weight excluding hydrogens is 242 g/mol. The highest BCUT2D eigenvalue weighted by Gasteiger charge is 2.26. The van der Waals surface area contributed by atoms with Crippen molar-refractivity contribution < 1.29 is 9.59 Å². The molecule has 0 aromatic heterocycles. The minimum absolute atomic E-state index is 0.0300. The van der Waals surface area contributed by atoms with Crippen LogP contribution in [0.5, 0.6) is 0 Å². The van der Waals surface area contributed by atoms with Crippen molar-refractivity contribution in [2.24, 2.45) is 0 Å². The lowest BCUT2D eigenvalue weighted by molar-refractivity contribution is -0.137. The van der Waals surface area contributed by atoms with Gasteiger partial charge >= 0.3 is 0 Å². The topological polar surface area (TPSA) is 61.4 Å². The van der Waals surface area contributed by atoms with Crippen LogP contribution in [0.3, 0.4) is 0 Å². The third-order valence-corrected chi connectivity index (χ3v) is 4.02. The van der Waals surface area contributed by atoms with E-state index in [0.29, 0.717) is 0 Å². The Hall–Kier alpha value is -1.10. The van der Waals surface area contributed by atoms with E-state index in [2.05, 4.69) is 10.6 Å². The van der Waals surface area contributed by atoms with Crippen molar-refractivity contribution in [3.63, 3.8) is 0 Å². The summed E-state index contributed by atoms with van der Waals surface area (Å²) in [6.07, 6.45) is 6.45. The third-order valence-electron chi connectivity index (χ3n) is 4.02. The smallest absolute Gasteiger partial charge is 0.244 e. The van der Waals surface area contributed by atoms with Crippen molar-refractivity contribution in [2.75, 3.05) is 19.6 Å². The summed E-state index contributed by atoms with van der Waals surface area (Å²) in [6, 6.07) is -0.528. The first kappa shape index (κ1) is 14.3. The molecule has 0 saturated carbocycles. The maximum atomic E-state index is 12.2. The normalized spacial score (nSPS) is 25.7. The molecule has 2 heterocycles. The van der Waals surface area contributed by atoms with Crippen LogP contribution in [0.4, 0.5) is 0 Å². The van der Waals surface area contributed by atoms with E-state index in [4.69, 9.17) is 0 Å². The first-order valence-electron chi connectivity index (χ1n) is 7.51. The number of piperidine rings is 2. The number of nitrogens with one attached hydrogen (secondary N) is 2. The minimum Gasteiger partial charge on any atom is -0.343 e. The lowest BCUT2D eigenvalue weighted by atomic mass is 10.0. The molecule has 2 saturated heterocycles. The molecule has 0 aliphatic carbocycles. The van der Waals surface area contributed by atoms with Gasteiger partial charge in [-0.15, -0.1) is 0 Å². The second kappa shape index (κ2) is 6.89. The molecule has 5 nitrogen and oxygen atoms in total. The van der Waals surface area contributed by atoms with E-state index in [-0.39, 0.29) is 17.9 Å². The van der Waals surface area contributed by atoms with Crippen molar-refractivity contribution in [3.05, 3.63) is 0 Å². The fourth-order valence-electron chi connectivity index (χ4n) is 2.84. The Labute approximate surface area is 115 Å². The molecule has 2 rings (SSSR count). The van der Waals surface area contributed by atoms with Crippen molar-refractivity contribution in [3.8, 4) is 0 Å². The highest BCUT2D eigenvalue weighted by molar-refractivity contribution is 5.89. The summed E-state index contributed by atoms with van der Waals surface area (Å²) in [5.41, 5.74) is 0. The van der Waals surface area contributed by atoms with Gasteiger partial charge in [0.2, 0.25) is 11.8 Å². The maximum absolute atomic E-state index is 12.2. The zero-order chi connectivity index (χ0) is 13.7. The highest BCUT2D eigenvalue weighted by atomic mass is 16.2. The first-order chi connectivity index (χ1) is 9.18. The van der Waals surface area contributed by atoms with Gasteiger partial charge < -0.3 is 15.5 Å². The third kappa shape index (κ3) is 3.93. The zero-order valence-corrected chi connectivity index (χ0v) is 11.8. The van der Waals surface area contributed by atoms with Gasteiger partial charge in [0.25, 0.3) is 0 Å². The molecule has 0 aromatic carbocycles. The molecule has 2 aliphatic heterocycles. The molecule has 0 aromatic rings. The summed E-state index contributed by atoms with van der Waals surface area (Å²) in [7, 11) is 0. The SMILES string of the molecule is CC(NC(=O)[C@H]1CCCCN1)C(=O)N1CCCCC1. The summed E-state index contributed by atoms with van der Waals surface area (Å²) in [6.45, 7) is 4.35. The molecule has 0 bridgehead atoms. The van der Waals surface area contributed by atoms with Crippen molar-refractivity contribution in [2.45, 2.75) is 57.5 Å². The molecule has 0 spiro atoms. The summed E-state index contributed by atoms with van der Waals surface area (Å²) in [5.74, 6) is 0.0291. The molecule has 5 heteroatoms. The fraction of sp³-hybridized carbons (Fsp3) is 0.857. The van der Waals surface area contributed by atoms with E-state index in [0.717, 1.165) is 51.7 Å². The number of hydrogen-bond donors (Lipinski definition) is 2. The Morgan fingerprint density at radius 1 is 1.16 bits per heavy atom.